The van der Waals surface area contributed by atoms with Crippen LogP contribution in [0.2, 0.25) is 0 Å². The van der Waals surface area contributed by atoms with Crippen molar-refractivity contribution in [1.29, 1.82) is 0 Å². The molecule has 0 saturated heterocycles. The first-order valence-corrected chi connectivity index (χ1v) is 5.58. The maximum absolute atomic E-state index is 10.8. The van der Waals surface area contributed by atoms with Gasteiger partial charge >= 0.3 is 5.97 Å². The van der Waals surface area contributed by atoms with Gasteiger partial charge in [0.25, 0.3) is 0 Å². The lowest BCUT2D eigenvalue weighted by Gasteiger charge is -2.24. The van der Waals surface area contributed by atoms with Gasteiger partial charge < -0.3 is 9.84 Å². The van der Waals surface area contributed by atoms with Crippen molar-refractivity contribution in [3.63, 3.8) is 0 Å². The lowest BCUT2D eigenvalue weighted by atomic mass is 9.85. The average Bonchev–Trinajstić information content (AvgIpc) is 2.18. The molecule has 0 aromatic rings. The Morgan fingerprint density at radius 1 is 1.43 bits per heavy atom. The summed E-state index contributed by atoms with van der Waals surface area (Å²) in [5.74, 6) is -0.242. The fourth-order valence-electron chi connectivity index (χ4n) is 2.17. The summed E-state index contributed by atoms with van der Waals surface area (Å²) < 4.78 is 5.21. The minimum atomic E-state index is -0.808. The molecule has 1 unspecified atom stereocenters. The Kier molecular flexibility index (Phi) is 4.94. The molecule has 1 N–H and O–H groups in total. The van der Waals surface area contributed by atoms with E-state index < -0.39 is 12.1 Å². The van der Waals surface area contributed by atoms with Crippen LogP contribution in [0.4, 0.5) is 0 Å². The molecule has 0 aromatic carbocycles. The molecular weight excluding hydrogens is 180 g/mol. The maximum Gasteiger partial charge on any atom is 0.332 e. The van der Waals surface area contributed by atoms with Crippen LogP contribution in [0.3, 0.4) is 0 Å². The molecule has 0 aliphatic heterocycles. The SMILES string of the molecule is CCOC(CC1CCCCC1)C(=O)O. The van der Waals surface area contributed by atoms with Gasteiger partial charge in [-0.15, -0.1) is 0 Å². The number of hydrogen-bond donors (Lipinski definition) is 1. The molecule has 82 valence electrons. The number of aliphatic carboxylic acids is 1. The van der Waals surface area contributed by atoms with Crippen LogP contribution >= 0.6 is 0 Å². The highest BCUT2D eigenvalue weighted by molar-refractivity contribution is 5.72. The van der Waals surface area contributed by atoms with Crippen LogP contribution in [0.25, 0.3) is 0 Å². The molecule has 1 saturated carbocycles. The van der Waals surface area contributed by atoms with E-state index in [1.807, 2.05) is 6.92 Å². The van der Waals surface area contributed by atoms with E-state index >= 15 is 0 Å². The number of ether oxygens (including phenoxy) is 1. The van der Waals surface area contributed by atoms with Gasteiger partial charge in [-0.05, 0) is 19.3 Å². The van der Waals surface area contributed by atoms with E-state index in [9.17, 15) is 4.79 Å². The van der Waals surface area contributed by atoms with E-state index in [4.69, 9.17) is 9.84 Å². The molecule has 0 radical (unpaired) electrons. The molecule has 0 spiro atoms. The zero-order chi connectivity index (χ0) is 10.4. The van der Waals surface area contributed by atoms with Crippen molar-refractivity contribution in [2.24, 2.45) is 5.92 Å². The van der Waals surface area contributed by atoms with Crippen molar-refractivity contribution in [3.8, 4) is 0 Å². The monoisotopic (exact) mass is 200 g/mol. The second-order valence-electron chi connectivity index (χ2n) is 4.02. The fraction of sp³-hybridized carbons (Fsp3) is 0.909. The van der Waals surface area contributed by atoms with Gasteiger partial charge in [-0.25, -0.2) is 4.79 Å². The predicted octanol–water partition coefficient (Wildman–Crippen LogP) is 2.45. The highest BCUT2D eigenvalue weighted by Gasteiger charge is 2.23. The van der Waals surface area contributed by atoms with E-state index in [-0.39, 0.29) is 0 Å². The fourth-order valence-corrected chi connectivity index (χ4v) is 2.17. The first-order chi connectivity index (χ1) is 6.74. The number of hydrogen-bond acceptors (Lipinski definition) is 2. The number of carboxylic acid groups (broad SMARTS) is 1. The summed E-state index contributed by atoms with van der Waals surface area (Å²) in [7, 11) is 0. The minimum absolute atomic E-state index is 0.490. The summed E-state index contributed by atoms with van der Waals surface area (Å²) in [5, 5.41) is 8.91. The Bertz CT molecular complexity index is 173. The summed E-state index contributed by atoms with van der Waals surface area (Å²) in [6, 6.07) is 0. The van der Waals surface area contributed by atoms with Gasteiger partial charge in [0.05, 0.1) is 0 Å². The first kappa shape index (κ1) is 11.5. The highest BCUT2D eigenvalue weighted by Crippen LogP contribution is 2.28. The molecule has 0 heterocycles. The van der Waals surface area contributed by atoms with Gasteiger partial charge in [-0.3, -0.25) is 0 Å². The maximum atomic E-state index is 10.8. The first-order valence-electron chi connectivity index (χ1n) is 5.58. The molecule has 0 amide bonds. The zero-order valence-corrected chi connectivity index (χ0v) is 8.87. The second-order valence-corrected chi connectivity index (χ2v) is 4.02. The highest BCUT2D eigenvalue weighted by atomic mass is 16.5. The van der Waals surface area contributed by atoms with Crippen LogP contribution in [0.5, 0.6) is 0 Å². The van der Waals surface area contributed by atoms with E-state index in [0.29, 0.717) is 18.9 Å². The van der Waals surface area contributed by atoms with Gasteiger partial charge in [0.1, 0.15) is 0 Å². The van der Waals surface area contributed by atoms with Gasteiger partial charge in [0.15, 0.2) is 6.10 Å². The van der Waals surface area contributed by atoms with E-state index in [2.05, 4.69) is 0 Å². The summed E-state index contributed by atoms with van der Waals surface area (Å²) in [6.07, 6.45) is 6.29. The van der Waals surface area contributed by atoms with Crippen LogP contribution in [0.15, 0.2) is 0 Å². The molecular formula is C11H20O3. The lowest BCUT2D eigenvalue weighted by molar-refractivity contribution is -0.151. The Balaban J connectivity index is 2.33. The molecule has 0 aromatic heterocycles. The van der Waals surface area contributed by atoms with Crippen molar-refractivity contribution in [3.05, 3.63) is 0 Å². The summed E-state index contributed by atoms with van der Waals surface area (Å²) >= 11 is 0. The average molecular weight is 200 g/mol. The Morgan fingerprint density at radius 3 is 2.57 bits per heavy atom. The topological polar surface area (TPSA) is 46.5 Å². The Hall–Kier alpha value is -0.570. The zero-order valence-electron chi connectivity index (χ0n) is 8.87. The van der Waals surface area contributed by atoms with Crippen LogP contribution in [0.1, 0.15) is 45.4 Å². The standard InChI is InChI=1S/C11H20O3/c1-2-14-10(11(12)13)8-9-6-4-3-5-7-9/h9-10H,2-8H2,1H3,(H,12,13). The van der Waals surface area contributed by atoms with E-state index in [0.717, 1.165) is 0 Å². The molecule has 3 heteroatoms. The molecule has 14 heavy (non-hydrogen) atoms. The number of rotatable bonds is 5. The van der Waals surface area contributed by atoms with Gasteiger partial charge in [0, 0.05) is 6.61 Å². The molecule has 0 bridgehead atoms. The van der Waals surface area contributed by atoms with Crippen molar-refractivity contribution in [1.82, 2.24) is 0 Å². The minimum Gasteiger partial charge on any atom is -0.479 e. The molecule has 1 rings (SSSR count). The molecule has 1 atom stereocenters. The van der Waals surface area contributed by atoms with Crippen molar-refractivity contribution in [2.75, 3.05) is 6.61 Å². The lowest BCUT2D eigenvalue weighted by Crippen LogP contribution is -2.27. The smallest absolute Gasteiger partial charge is 0.332 e. The van der Waals surface area contributed by atoms with Crippen molar-refractivity contribution in [2.45, 2.75) is 51.6 Å². The van der Waals surface area contributed by atoms with Crippen LogP contribution in [-0.4, -0.2) is 23.8 Å². The quantitative estimate of drug-likeness (QED) is 0.741. The third kappa shape index (κ3) is 3.66. The molecule has 1 aliphatic carbocycles. The van der Waals surface area contributed by atoms with Gasteiger partial charge in [-0.1, -0.05) is 32.1 Å². The predicted molar refractivity (Wildman–Crippen MR) is 54.2 cm³/mol. The van der Waals surface area contributed by atoms with E-state index in [1.54, 1.807) is 0 Å². The summed E-state index contributed by atoms with van der Waals surface area (Å²) in [6.45, 7) is 2.33. The largest absolute Gasteiger partial charge is 0.479 e. The Labute approximate surface area is 85.5 Å². The molecule has 1 fully saturated rings. The van der Waals surface area contributed by atoms with E-state index in [1.165, 1.54) is 32.1 Å². The third-order valence-corrected chi connectivity index (χ3v) is 2.92. The number of carboxylic acids is 1. The van der Waals surface area contributed by atoms with Crippen molar-refractivity contribution >= 4 is 5.97 Å². The van der Waals surface area contributed by atoms with Crippen LogP contribution in [-0.2, 0) is 9.53 Å². The normalized spacial score (nSPS) is 20.6. The summed E-state index contributed by atoms with van der Waals surface area (Å²) in [4.78, 5) is 10.8. The molecule has 1 aliphatic rings. The van der Waals surface area contributed by atoms with Gasteiger partial charge in [-0.2, -0.15) is 0 Å². The molecule has 3 nitrogen and oxygen atoms in total. The van der Waals surface area contributed by atoms with Gasteiger partial charge in [0.2, 0.25) is 0 Å². The number of carbonyl (C=O) groups is 1. The third-order valence-electron chi connectivity index (χ3n) is 2.92. The summed E-state index contributed by atoms with van der Waals surface area (Å²) in [5.41, 5.74) is 0. The van der Waals surface area contributed by atoms with Crippen molar-refractivity contribution < 1.29 is 14.6 Å². The second kappa shape index (κ2) is 6.02. The van der Waals surface area contributed by atoms with Crippen LogP contribution < -0.4 is 0 Å². The van der Waals surface area contributed by atoms with Crippen LogP contribution in [0, 0.1) is 5.92 Å². The Morgan fingerprint density at radius 2 is 2.07 bits per heavy atom.